The lowest BCUT2D eigenvalue weighted by atomic mass is 9.81. The number of amides is 1. The number of carbonyl (C=O) groups is 1. The van der Waals surface area contributed by atoms with Gasteiger partial charge in [0.25, 0.3) is 0 Å². The summed E-state index contributed by atoms with van der Waals surface area (Å²) in [4.78, 5) is 12.1. The number of rotatable bonds is 2. The first-order chi connectivity index (χ1) is 10.2. The van der Waals surface area contributed by atoms with Gasteiger partial charge in [0, 0.05) is 0 Å². The summed E-state index contributed by atoms with van der Waals surface area (Å²) in [6.07, 6.45) is 0.747. The maximum absolute atomic E-state index is 12.1. The number of ether oxygens (including phenoxy) is 1. The molecule has 0 radical (unpaired) electrons. The summed E-state index contributed by atoms with van der Waals surface area (Å²) in [5.41, 5.74) is 2.28. The third-order valence-electron chi connectivity index (χ3n) is 3.65. The molecule has 0 aliphatic heterocycles. The molecule has 4 nitrogen and oxygen atoms in total. The van der Waals surface area contributed by atoms with E-state index in [0.717, 1.165) is 16.7 Å². The van der Waals surface area contributed by atoms with Gasteiger partial charge < -0.3 is 15.2 Å². The Morgan fingerprint density at radius 3 is 2.50 bits per heavy atom. The molecule has 0 spiro atoms. The molecule has 0 saturated heterocycles. The molecule has 4 heteroatoms. The molecule has 0 saturated carbocycles. The van der Waals surface area contributed by atoms with Crippen LogP contribution in [-0.2, 0) is 4.74 Å². The van der Waals surface area contributed by atoms with Crippen LogP contribution < -0.4 is 5.32 Å². The summed E-state index contributed by atoms with van der Waals surface area (Å²) in [5.74, 6) is 0.200. The van der Waals surface area contributed by atoms with Crippen molar-refractivity contribution in [2.24, 2.45) is 5.92 Å². The first kappa shape index (κ1) is 16.6. The Morgan fingerprint density at radius 1 is 1.27 bits per heavy atom. The predicted octanol–water partition coefficient (Wildman–Crippen LogP) is 3.67. The SMILES string of the molecule is CC(C)C1=Cc2ccccc2[C@H](NC(=O)OC(C)(C)C)[C@@H]1O. The zero-order valence-corrected chi connectivity index (χ0v) is 13.9. The molecular weight excluding hydrogens is 278 g/mol. The average molecular weight is 303 g/mol. The molecule has 1 aromatic carbocycles. The van der Waals surface area contributed by atoms with Crippen molar-refractivity contribution in [3.8, 4) is 0 Å². The van der Waals surface area contributed by atoms with Gasteiger partial charge in [-0.05, 0) is 43.4 Å². The molecule has 2 rings (SSSR count). The highest BCUT2D eigenvalue weighted by molar-refractivity contribution is 5.71. The fraction of sp³-hybridized carbons (Fsp3) is 0.500. The molecule has 1 amide bonds. The van der Waals surface area contributed by atoms with Crippen molar-refractivity contribution < 1.29 is 14.6 Å². The quantitative estimate of drug-likeness (QED) is 0.876. The van der Waals surface area contributed by atoms with E-state index >= 15 is 0 Å². The van der Waals surface area contributed by atoms with E-state index in [1.54, 1.807) is 0 Å². The summed E-state index contributed by atoms with van der Waals surface area (Å²) in [6, 6.07) is 7.29. The van der Waals surface area contributed by atoms with E-state index in [2.05, 4.69) is 5.32 Å². The second-order valence-corrected chi connectivity index (χ2v) is 7.00. The molecule has 1 aliphatic rings. The standard InChI is InChI=1S/C18H25NO3/c1-11(2)14-10-12-8-6-7-9-13(12)15(16(14)20)19-17(21)22-18(3,4)5/h6-11,15-16,20H,1-5H3,(H,19,21)/t15-,16+/m0/s1. The fourth-order valence-electron chi connectivity index (χ4n) is 2.65. The normalized spacial score (nSPS) is 21.1. The minimum absolute atomic E-state index is 0.200. The Labute approximate surface area is 132 Å². The van der Waals surface area contributed by atoms with Crippen LogP contribution in [0.15, 0.2) is 29.8 Å². The summed E-state index contributed by atoms with van der Waals surface area (Å²) < 4.78 is 5.32. The number of hydrogen-bond donors (Lipinski definition) is 2. The number of alkyl carbamates (subject to hydrolysis) is 1. The van der Waals surface area contributed by atoms with Gasteiger partial charge in [-0.2, -0.15) is 0 Å². The summed E-state index contributed by atoms with van der Waals surface area (Å²) in [7, 11) is 0. The van der Waals surface area contributed by atoms with Crippen LogP contribution in [0.3, 0.4) is 0 Å². The Morgan fingerprint density at radius 2 is 1.91 bits per heavy atom. The van der Waals surface area contributed by atoms with Crippen LogP contribution in [0.4, 0.5) is 4.79 Å². The number of aliphatic hydroxyl groups is 1. The monoisotopic (exact) mass is 303 g/mol. The zero-order chi connectivity index (χ0) is 16.5. The van der Waals surface area contributed by atoms with Gasteiger partial charge in [-0.15, -0.1) is 0 Å². The van der Waals surface area contributed by atoms with Crippen LogP contribution in [0, 0.1) is 5.92 Å². The van der Waals surface area contributed by atoms with E-state index in [1.165, 1.54) is 0 Å². The Kier molecular flexibility index (Phi) is 4.61. The maximum atomic E-state index is 12.1. The van der Waals surface area contributed by atoms with E-state index in [4.69, 9.17) is 4.74 Å². The number of benzene rings is 1. The first-order valence-electron chi connectivity index (χ1n) is 7.67. The van der Waals surface area contributed by atoms with Gasteiger partial charge in [0.05, 0.1) is 6.04 Å². The highest BCUT2D eigenvalue weighted by atomic mass is 16.6. The van der Waals surface area contributed by atoms with Gasteiger partial charge >= 0.3 is 6.09 Å². The molecule has 120 valence electrons. The lowest BCUT2D eigenvalue weighted by molar-refractivity contribution is 0.0441. The van der Waals surface area contributed by atoms with E-state index in [-0.39, 0.29) is 5.92 Å². The van der Waals surface area contributed by atoms with E-state index in [0.29, 0.717) is 0 Å². The van der Waals surface area contributed by atoms with Crippen LogP contribution in [0.5, 0.6) is 0 Å². The van der Waals surface area contributed by atoms with Crippen molar-refractivity contribution in [3.63, 3.8) is 0 Å². The van der Waals surface area contributed by atoms with Crippen molar-refractivity contribution in [2.75, 3.05) is 0 Å². The fourth-order valence-corrected chi connectivity index (χ4v) is 2.65. The lowest BCUT2D eigenvalue weighted by Crippen LogP contribution is -2.42. The molecule has 2 N–H and O–H groups in total. The average Bonchev–Trinajstić information content (AvgIpc) is 2.39. The molecule has 1 aromatic rings. The minimum atomic E-state index is -0.748. The van der Waals surface area contributed by atoms with Gasteiger partial charge in [0.1, 0.15) is 11.7 Å². The maximum Gasteiger partial charge on any atom is 0.408 e. The Bertz CT molecular complexity index is 584. The molecule has 0 unspecified atom stereocenters. The van der Waals surface area contributed by atoms with Crippen molar-refractivity contribution in [1.29, 1.82) is 0 Å². The minimum Gasteiger partial charge on any atom is -0.444 e. The van der Waals surface area contributed by atoms with Crippen LogP contribution in [0.2, 0.25) is 0 Å². The van der Waals surface area contributed by atoms with Crippen molar-refractivity contribution in [2.45, 2.75) is 52.4 Å². The van der Waals surface area contributed by atoms with Gasteiger partial charge in [-0.3, -0.25) is 0 Å². The number of carbonyl (C=O) groups excluding carboxylic acids is 1. The van der Waals surface area contributed by atoms with Crippen molar-refractivity contribution in [3.05, 3.63) is 41.0 Å². The second-order valence-electron chi connectivity index (χ2n) is 7.00. The summed E-state index contributed by atoms with van der Waals surface area (Å²) in [6.45, 7) is 9.52. The van der Waals surface area contributed by atoms with Crippen LogP contribution in [-0.4, -0.2) is 22.9 Å². The third kappa shape index (κ3) is 3.69. The second kappa shape index (κ2) is 6.13. The largest absolute Gasteiger partial charge is 0.444 e. The molecule has 0 fully saturated rings. The van der Waals surface area contributed by atoms with Gasteiger partial charge in [-0.1, -0.05) is 44.2 Å². The molecule has 0 bridgehead atoms. The molecule has 2 atom stereocenters. The first-order valence-corrected chi connectivity index (χ1v) is 7.67. The number of hydrogen-bond acceptors (Lipinski definition) is 3. The number of nitrogens with one attached hydrogen (secondary N) is 1. The lowest BCUT2D eigenvalue weighted by Gasteiger charge is -2.33. The molecule has 0 heterocycles. The van der Waals surface area contributed by atoms with Crippen LogP contribution in [0.25, 0.3) is 6.08 Å². The van der Waals surface area contributed by atoms with Crippen LogP contribution >= 0.6 is 0 Å². The van der Waals surface area contributed by atoms with E-state index in [1.807, 2.05) is 65.0 Å². The third-order valence-corrected chi connectivity index (χ3v) is 3.65. The summed E-state index contributed by atoms with van der Waals surface area (Å²) >= 11 is 0. The summed E-state index contributed by atoms with van der Waals surface area (Å²) in [5, 5.41) is 13.5. The highest BCUT2D eigenvalue weighted by Gasteiger charge is 2.33. The van der Waals surface area contributed by atoms with E-state index in [9.17, 15) is 9.90 Å². The molecular formula is C18H25NO3. The highest BCUT2D eigenvalue weighted by Crippen LogP contribution is 2.35. The smallest absolute Gasteiger partial charge is 0.408 e. The van der Waals surface area contributed by atoms with Gasteiger partial charge in [0.15, 0.2) is 0 Å². The number of aliphatic hydroxyl groups excluding tert-OH is 1. The number of fused-ring (bicyclic) bond motifs is 1. The van der Waals surface area contributed by atoms with Crippen molar-refractivity contribution >= 4 is 12.2 Å². The molecule has 22 heavy (non-hydrogen) atoms. The van der Waals surface area contributed by atoms with Gasteiger partial charge in [0.2, 0.25) is 0 Å². The predicted molar refractivity (Wildman–Crippen MR) is 87.4 cm³/mol. The van der Waals surface area contributed by atoms with Crippen molar-refractivity contribution in [1.82, 2.24) is 5.32 Å². The zero-order valence-electron chi connectivity index (χ0n) is 13.9. The molecule has 0 aromatic heterocycles. The van der Waals surface area contributed by atoms with Gasteiger partial charge in [-0.25, -0.2) is 4.79 Å². The van der Waals surface area contributed by atoms with Crippen LogP contribution in [0.1, 0.15) is 51.8 Å². The Balaban J connectivity index is 2.30. The Hall–Kier alpha value is -1.81. The van der Waals surface area contributed by atoms with E-state index < -0.39 is 23.8 Å². The topological polar surface area (TPSA) is 58.6 Å². The molecule has 1 aliphatic carbocycles.